The summed E-state index contributed by atoms with van der Waals surface area (Å²) < 4.78 is 11.2. The third-order valence-corrected chi connectivity index (χ3v) is 5.34. The molecule has 0 bridgehead atoms. The molecule has 0 aliphatic carbocycles. The van der Waals surface area contributed by atoms with Crippen molar-refractivity contribution in [1.29, 1.82) is 0 Å². The zero-order chi connectivity index (χ0) is 19.0. The maximum Gasteiger partial charge on any atom is 0.217 e. The molecule has 2 rings (SSSR count). The first-order valence-corrected chi connectivity index (χ1v) is 9.32. The molecular formula is C21H35NO3. The smallest absolute Gasteiger partial charge is 0.217 e. The van der Waals surface area contributed by atoms with Crippen molar-refractivity contribution in [1.82, 2.24) is 5.32 Å². The van der Waals surface area contributed by atoms with Crippen LogP contribution in [0.3, 0.4) is 0 Å². The van der Waals surface area contributed by atoms with Crippen LogP contribution in [0, 0.1) is 17.8 Å². The first-order valence-electron chi connectivity index (χ1n) is 9.32. The van der Waals surface area contributed by atoms with E-state index in [0.717, 1.165) is 12.0 Å². The molecule has 1 amide bonds. The first-order chi connectivity index (χ1) is 11.8. The predicted octanol–water partition coefficient (Wildman–Crippen LogP) is 4.56. The van der Waals surface area contributed by atoms with E-state index in [2.05, 4.69) is 33.0 Å². The second-order valence-corrected chi connectivity index (χ2v) is 7.10. The molecule has 0 aromatic heterocycles. The Morgan fingerprint density at radius 2 is 1.76 bits per heavy atom. The monoisotopic (exact) mass is 349 g/mol. The van der Waals surface area contributed by atoms with Gasteiger partial charge in [-0.2, -0.15) is 0 Å². The van der Waals surface area contributed by atoms with Crippen LogP contribution >= 0.6 is 0 Å². The maximum atomic E-state index is 10.7. The number of benzene rings is 1. The minimum Gasteiger partial charge on any atom is -0.356 e. The second-order valence-electron chi connectivity index (χ2n) is 7.10. The van der Waals surface area contributed by atoms with E-state index < -0.39 is 0 Å². The molecule has 0 saturated carbocycles. The van der Waals surface area contributed by atoms with E-state index in [4.69, 9.17) is 9.47 Å². The van der Waals surface area contributed by atoms with Gasteiger partial charge >= 0.3 is 0 Å². The van der Waals surface area contributed by atoms with E-state index >= 15 is 0 Å². The minimum absolute atomic E-state index is 0.00356. The Morgan fingerprint density at radius 1 is 1.16 bits per heavy atom. The maximum absolute atomic E-state index is 10.7. The van der Waals surface area contributed by atoms with Crippen LogP contribution < -0.4 is 5.32 Å². The molecule has 4 heteroatoms. The van der Waals surface area contributed by atoms with Crippen molar-refractivity contribution in [3.8, 4) is 0 Å². The normalized spacial score (nSPS) is 30.0. The highest BCUT2D eigenvalue weighted by molar-refractivity contribution is 5.73. The largest absolute Gasteiger partial charge is 0.356 e. The number of methoxy groups -OCH3 is 1. The summed E-state index contributed by atoms with van der Waals surface area (Å²) in [5.74, 6) is 1.84. The highest BCUT2D eigenvalue weighted by Gasteiger charge is 2.38. The summed E-state index contributed by atoms with van der Waals surface area (Å²) in [6.07, 6.45) is 1.45. The van der Waals surface area contributed by atoms with Crippen molar-refractivity contribution in [3.05, 3.63) is 35.9 Å². The van der Waals surface area contributed by atoms with Gasteiger partial charge in [0.2, 0.25) is 5.91 Å². The topological polar surface area (TPSA) is 47.6 Å². The fourth-order valence-corrected chi connectivity index (χ4v) is 3.35. The first kappa shape index (κ1) is 21.7. The van der Waals surface area contributed by atoms with Crippen LogP contribution in [0.1, 0.15) is 59.6 Å². The molecule has 0 spiro atoms. The van der Waals surface area contributed by atoms with Crippen LogP contribution in [0.15, 0.2) is 30.3 Å². The van der Waals surface area contributed by atoms with Gasteiger partial charge in [-0.15, -0.1) is 0 Å². The SMILES string of the molecule is CC(=O)N[C@@H](C)c1ccccc1.CCC1OC(OC)C(C)C(C)C1C. The van der Waals surface area contributed by atoms with Crippen molar-refractivity contribution in [3.63, 3.8) is 0 Å². The molecule has 1 N–H and O–H groups in total. The molecule has 142 valence electrons. The summed E-state index contributed by atoms with van der Waals surface area (Å²) >= 11 is 0. The highest BCUT2D eigenvalue weighted by atomic mass is 16.7. The van der Waals surface area contributed by atoms with Crippen molar-refractivity contribution in [2.75, 3.05) is 7.11 Å². The molecule has 25 heavy (non-hydrogen) atoms. The quantitative estimate of drug-likeness (QED) is 0.867. The van der Waals surface area contributed by atoms with E-state index in [1.54, 1.807) is 7.11 Å². The van der Waals surface area contributed by atoms with Gasteiger partial charge in [0, 0.05) is 20.0 Å². The molecule has 1 fully saturated rings. The van der Waals surface area contributed by atoms with E-state index in [-0.39, 0.29) is 18.2 Å². The zero-order valence-electron chi connectivity index (χ0n) is 16.8. The highest BCUT2D eigenvalue weighted by Crippen LogP contribution is 2.36. The standard InChI is InChI=1S/C11H22O2.C10H13NO/c1-6-10-8(3)7(2)9(4)11(12-5)13-10;1-8(11-9(2)12)10-6-4-3-5-7-10/h7-11H,6H2,1-5H3;3-8H,1-2H3,(H,11,12)/t;8-/m.0/s1. The second kappa shape index (κ2) is 10.6. The number of ether oxygens (including phenoxy) is 2. The fraction of sp³-hybridized carbons (Fsp3) is 0.667. The lowest BCUT2D eigenvalue weighted by Gasteiger charge is -2.42. The van der Waals surface area contributed by atoms with E-state index in [1.807, 2.05) is 37.3 Å². The van der Waals surface area contributed by atoms with Crippen LogP contribution in [0.25, 0.3) is 0 Å². The van der Waals surface area contributed by atoms with Crippen LogP contribution in [0.2, 0.25) is 0 Å². The fourth-order valence-electron chi connectivity index (χ4n) is 3.35. The van der Waals surface area contributed by atoms with Crippen molar-refractivity contribution in [2.45, 2.75) is 66.4 Å². The Hall–Kier alpha value is -1.39. The lowest BCUT2D eigenvalue weighted by Crippen LogP contribution is -2.45. The summed E-state index contributed by atoms with van der Waals surface area (Å²) in [7, 11) is 1.73. The Bertz CT molecular complexity index is 485. The van der Waals surface area contributed by atoms with Gasteiger partial charge in [-0.05, 0) is 30.7 Å². The van der Waals surface area contributed by atoms with Gasteiger partial charge in [0.1, 0.15) is 0 Å². The van der Waals surface area contributed by atoms with E-state index in [0.29, 0.717) is 23.9 Å². The van der Waals surface area contributed by atoms with Crippen LogP contribution in [0.4, 0.5) is 0 Å². The summed E-state index contributed by atoms with van der Waals surface area (Å²) in [4.78, 5) is 10.7. The van der Waals surface area contributed by atoms with Crippen LogP contribution in [-0.4, -0.2) is 25.4 Å². The number of hydrogen-bond acceptors (Lipinski definition) is 3. The van der Waals surface area contributed by atoms with Crippen molar-refractivity contribution >= 4 is 5.91 Å². The molecule has 1 heterocycles. The molecule has 1 aliphatic rings. The number of amides is 1. The predicted molar refractivity (Wildman–Crippen MR) is 102 cm³/mol. The number of rotatable bonds is 4. The lowest BCUT2D eigenvalue weighted by molar-refractivity contribution is -0.237. The van der Waals surface area contributed by atoms with Gasteiger partial charge in [-0.1, -0.05) is 58.0 Å². The molecule has 1 saturated heterocycles. The summed E-state index contributed by atoms with van der Waals surface area (Å²) in [5, 5.41) is 2.82. The summed E-state index contributed by atoms with van der Waals surface area (Å²) in [5.41, 5.74) is 1.13. The number of carbonyl (C=O) groups excluding carboxylic acids is 1. The van der Waals surface area contributed by atoms with Gasteiger partial charge < -0.3 is 14.8 Å². The number of carbonyl (C=O) groups is 1. The van der Waals surface area contributed by atoms with Gasteiger partial charge in [-0.25, -0.2) is 0 Å². The zero-order valence-corrected chi connectivity index (χ0v) is 16.8. The number of nitrogens with one attached hydrogen (secondary N) is 1. The molecule has 1 aromatic rings. The van der Waals surface area contributed by atoms with E-state index in [9.17, 15) is 4.79 Å². The van der Waals surface area contributed by atoms with Gasteiger partial charge in [0.05, 0.1) is 12.1 Å². The molecule has 4 nitrogen and oxygen atoms in total. The lowest BCUT2D eigenvalue weighted by atomic mass is 9.78. The van der Waals surface area contributed by atoms with Crippen molar-refractivity contribution in [2.24, 2.45) is 17.8 Å². The third kappa shape index (κ3) is 6.44. The third-order valence-electron chi connectivity index (χ3n) is 5.34. The molecule has 6 atom stereocenters. The molecule has 1 aromatic carbocycles. The van der Waals surface area contributed by atoms with Crippen LogP contribution in [0.5, 0.6) is 0 Å². The summed E-state index contributed by atoms with van der Waals surface area (Å²) in [6, 6.07) is 10.00. The Balaban J connectivity index is 0.000000251. The van der Waals surface area contributed by atoms with Gasteiger partial charge in [0.15, 0.2) is 6.29 Å². The van der Waals surface area contributed by atoms with Gasteiger partial charge in [0.25, 0.3) is 0 Å². The Kier molecular flexibility index (Phi) is 9.15. The number of hydrogen-bond donors (Lipinski definition) is 1. The molecule has 0 radical (unpaired) electrons. The minimum atomic E-state index is -0.00356. The average molecular weight is 350 g/mol. The van der Waals surface area contributed by atoms with E-state index in [1.165, 1.54) is 6.92 Å². The molecule has 5 unspecified atom stereocenters. The Morgan fingerprint density at radius 3 is 2.24 bits per heavy atom. The molecule has 1 aliphatic heterocycles. The average Bonchev–Trinajstić information content (AvgIpc) is 2.61. The Labute approximate surface area is 153 Å². The summed E-state index contributed by atoms with van der Waals surface area (Å²) in [6.45, 7) is 12.5. The van der Waals surface area contributed by atoms with Gasteiger partial charge in [-0.3, -0.25) is 4.79 Å². The van der Waals surface area contributed by atoms with Crippen LogP contribution in [-0.2, 0) is 14.3 Å². The molecular weight excluding hydrogens is 314 g/mol. The van der Waals surface area contributed by atoms with Crippen molar-refractivity contribution < 1.29 is 14.3 Å².